The molecule has 4 aliphatic carbocycles. The predicted molar refractivity (Wildman–Crippen MR) is 135 cm³/mol. The molecule has 0 aromatic carbocycles. The predicted octanol–water partition coefficient (Wildman–Crippen LogP) is 4.47. The number of hydrogen-bond acceptors (Lipinski definition) is 7. The Bertz CT molecular complexity index is 815. The molecule has 2 N–H and O–H groups in total. The van der Waals surface area contributed by atoms with E-state index in [2.05, 4.69) is 20.8 Å². The van der Waals surface area contributed by atoms with Crippen LogP contribution >= 0.6 is 0 Å². The number of carbonyl (C=O) groups excluding carboxylic acids is 2. The lowest BCUT2D eigenvalue weighted by atomic mass is 9.43. The maximum Gasteiger partial charge on any atom is 0.302 e. The van der Waals surface area contributed by atoms with Gasteiger partial charge in [-0.3, -0.25) is 9.59 Å². The quantitative estimate of drug-likeness (QED) is 0.386. The highest BCUT2D eigenvalue weighted by Crippen LogP contribution is 2.69. The summed E-state index contributed by atoms with van der Waals surface area (Å²) in [5, 5.41) is 20.5. The third-order valence-corrected chi connectivity index (χ3v) is 11.2. The van der Waals surface area contributed by atoms with Gasteiger partial charge in [0.1, 0.15) is 12.2 Å². The number of ether oxygens (including phenoxy) is 3. The smallest absolute Gasteiger partial charge is 0.302 e. The van der Waals surface area contributed by atoms with Gasteiger partial charge in [0, 0.05) is 32.3 Å². The number of carbonyl (C=O) groups is 2. The van der Waals surface area contributed by atoms with Crippen molar-refractivity contribution in [3.05, 3.63) is 0 Å². The van der Waals surface area contributed by atoms with E-state index in [0.29, 0.717) is 24.2 Å². The molecule has 0 radical (unpaired) electrons. The summed E-state index contributed by atoms with van der Waals surface area (Å²) in [4.78, 5) is 24.6. The van der Waals surface area contributed by atoms with Crippen molar-refractivity contribution in [3.8, 4) is 0 Å². The van der Waals surface area contributed by atoms with Crippen LogP contribution in [0.1, 0.15) is 92.4 Å². The zero-order valence-electron chi connectivity index (χ0n) is 23.1. The fraction of sp³-hybridized carbons (Fsp3) is 0.931. The van der Waals surface area contributed by atoms with Crippen molar-refractivity contribution in [2.45, 2.75) is 117 Å². The molecule has 0 spiro atoms. The Morgan fingerprint density at radius 1 is 0.972 bits per heavy atom. The zero-order chi connectivity index (χ0) is 26.4. The molecular formula is C29H48O7. The Hall–Kier alpha value is -1.18. The van der Waals surface area contributed by atoms with Crippen LogP contribution in [0.4, 0.5) is 0 Å². The lowest BCUT2D eigenvalue weighted by Gasteiger charge is -2.64. The summed E-state index contributed by atoms with van der Waals surface area (Å²) >= 11 is 0. The third kappa shape index (κ3) is 4.84. The number of aliphatic hydroxyl groups is 2. The molecule has 7 nitrogen and oxygen atoms in total. The van der Waals surface area contributed by atoms with Crippen LogP contribution in [-0.4, -0.2) is 53.9 Å². The van der Waals surface area contributed by atoms with Crippen molar-refractivity contribution in [2.24, 2.45) is 46.3 Å². The summed E-state index contributed by atoms with van der Waals surface area (Å²) in [6.45, 7) is 9.95. The van der Waals surface area contributed by atoms with Gasteiger partial charge in [0.15, 0.2) is 6.29 Å². The summed E-state index contributed by atoms with van der Waals surface area (Å²) in [6, 6.07) is 0. The Balaban J connectivity index is 1.71. The normalized spacial score (nSPS) is 45.6. The molecule has 36 heavy (non-hydrogen) atoms. The van der Waals surface area contributed by atoms with E-state index in [1.165, 1.54) is 21.0 Å². The molecule has 0 saturated heterocycles. The summed E-state index contributed by atoms with van der Waals surface area (Å²) in [6.07, 6.45) is 6.17. The molecule has 0 heterocycles. The molecule has 7 heteroatoms. The average Bonchev–Trinajstić information content (AvgIpc) is 3.16. The molecule has 12 atom stereocenters. The van der Waals surface area contributed by atoms with Gasteiger partial charge < -0.3 is 24.4 Å². The molecule has 4 aliphatic rings. The van der Waals surface area contributed by atoms with Crippen molar-refractivity contribution < 1.29 is 34.0 Å². The second-order valence-electron chi connectivity index (χ2n) is 12.9. The Morgan fingerprint density at radius 3 is 2.31 bits per heavy atom. The molecule has 0 aliphatic heterocycles. The van der Waals surface area contributed by atoms with Crippen molar-refractivity contribution in [3.63, 3.8) is 0 Å². The maximum absolute atomic E-state index is 12.4. The topological polar surface area (TPSA) is 102 Å². The van der Waals surface area contributed by atoms with E-state index in [9.17, 15) is 19.8 Å². The van der Waals surface area contributed by atoms with Gasteiger partial charge in [0.25, 0.3) is 0 Å². The van der Waals surface area contributed by atoms with E-state index in [-0.39, 0.29) is 58.8 Å². The third-order valence-electron chi connectivity index (χ3n) is 11.2. The minimum atomic E-state index is -0.761. The van der Waals surface area contributed by atoms with Crippen LogP contribution in [0.15, 0.2) is 0 Å². The number of fused-ring (bicyclic) bond motifs is 5. The fourth-order valence-corrected chi connectivity index (χ4v) is 9.52. The van der Waals surface area contributed by atoms with E-state index >= 15 is 0 Å². The molecule has 0 amide bonds. The fourth-order valence-electron chi connectivity index (χ4n) is 9.52. The first kappa shape index (κ1) is 27.8. The first-order valence-electron chi connectivity index (χ1n) is 14.1. The van der Waals surface area contributed by atoms with E-state index in [4.69, 9.17) is 14.2 Å². The monoisotopic (exact) mass is 508 g/mol. The zero-order valence-corrected chi connectivity index (χ0v) is 23.1. The highest BCUT2D eigenvalue weighted by Gasteiger charge is 2.67. The van der Waals surface area contributed by atoms with Crippen LogP contribution in [0.25, 0.3) is 0 Å². The molecule has 0 bridgehead atoms. The lowest BCUT2D eigenvalue weighted by molar-refractivity contribution is -0.223. The van der Waals surface area contributed by atoms with E-state index in [0.717, 1.165) is 51.4 Å². The Morgan fingerprint density at radius 2 is 1.67 bits per heavy atom. The second-order valence-corrected chi connectivity index (χ2v) is 12.9. The number of esters is 2. The molecule has 4 saturated carbocycles. The highest BCUT2D eigenvalue weighted by molar-refractivity contribution is 5.66. The molecule has 0 aromatic heterocycles. The maximum atomic E-state index is 12.4. The van der Waals surface area contributed by atoms with Gasteiger partial charge >= 0.3 is 11.9 Å². The van der Waals surface area contributed by atoms with Gasteiger partial charge in [-0.25, -0.2) is 0 Å². The highest BCUT2D eigenvalue weighted by atomic mass is 16.6. The van der Waals surface area contributed by atoms with Crippen LogP contribution in [0.2, 0.25) is 0 Å². The SMILES string of the molecule is COC(O)CC[C@@H](C)[C@H]1CC[C@H]2C3C(C[C@H](OC(C)=O)[C@]12C)[C@@]1(C)CC[C@@H](O)C[C@H]1C[C@H]3OC(C)=O. The number of rotatable bonds is 7. The number of methoxy groups -OCH3 is 1. The summed E-state index contributed by atoms with van der Waals surface area (Å²) in [7, 11) is 1.52. The van der Waals surface area contributed by atoms with Crippen molar-refractivity contribution in [1.29, 1.82) is 0 Å². The van der Waals surface area contributed by atoms with E-state index in [1.54, 1.807) is 0 Å². The van der Waals surface area contributed by atoms with Gasteiger partial charge in [-0.15, -0.1) is 0 Å². The van der Waals surface area contributed by atoms with E-state index < -0.39 is 6.29 Å². The second kappa shape index (κ2) is 10.5. The summed E-state index contributed by atoms with van der Waals surface area (Å²) in [5.74, 6) is 1.29. The molecule has 4 rings (SSSR count). The van der Waals surface area contributed by atoms with Crippen LogP contribution in [0.5, 0.6) is 0 Å². The van der Waals surface area contributed by atoms with Crippen LogP contribution in [-0.2, 0) is 23.8 Å². The first-order valence-corrected chi connectivity index (χ1v) is 14.1. The minimum Gasteiger partial charge on any atom is -0.462 e. The Labute approximate surface area is 216 Å². The molecule has 206 valence electrons. The Kier molecular flexibility index (Phi) is 8.14. The average molecular weight is 509 g/mol. The van der Waals surface area contributed by atoms with Crippen molar-refractivity contribution in [2.75, 3.05) is 7.11 Å². The van der Waals surface area contributed by atoms with Gasteiger partial charge in [0.05, 0.1) is 6.10 Å². The van der Waals surface area contributed by atoms with Crippen molar-refractivity contribution >= 4 is 11.9 Å². The van der Waals surface area contributed by atoms with Crippen molar-refractivity contribution in [1.82, 2.24) is 0 Å². The number of hydrogen-bond donors (Lipinski definition) is 2. The van der Waals surface area contributed by atoms with Crippen LogP contribution in [0.3, 0.4) is 0 Å². The standard InChI is InChI=1S/C29H48O7/c1-16(7-10-26(33)34-6)21-8-9-22-27-23(15-25(29(21,22)5)36-18(3)31)28(4)12-11-20(32)13-19(28)14-24(27)35-17(2)30/h16,19-27,32-33H,7-15H2,1-6H3/t16-,19+,20-,21-,22+,23?,24-,25+,26?,27?,28+,29-/m1/s1. The minimum absolute atomic E-state index is 0.0343. The van der Waals surface area contributed by atoms with Gasteiger partial charge in [-0.2, -0.15) is 0 Å². The molecule has 4 fully saturated rings. The van der Waals surface area contributed by atoms with Gasteiger partial charge in [0.2, 0.25) is 0 Å². The lowest BCUT2D eigenvalue weighted by Crippen LogP contribution is -2.63. The largest absolute Gasteiger partial charge is 0.462 e. The van der Waals surface area contributed by atoms with Crippen LogP contribution in [0, 0.1) is 46.3 Å². The number of aliphatic hydroxyl groups excluding tert-OH is 2. The van der Waals surface area contributed by atoms with E-state index in [1.807, 2.05) is 0 Å². The van der Waals surface area contributed by atoms with Crippen LogP contribution < -0.4 is 0 Å². The summed E-state index contributed by atoms with van der Waals surface area (Å²) < 4.78 is 17.3. The summed E-state index contributed by atoms with van der Waals surface area (Å²) in [5.41, 5.74) is -0.188. The molecular weight excluding hydrogens is 460 g/mol. The first-order chi connectivity index (χ1) is 16.9. The van der Waals surface area contributed by atoms with Gasteiger partial charge in [-0.1, -0.05) is 20.8 Å². The molecule has 3 unspecified atom stereocenters. The molecule has 0 aromatic rings. The van der Waals surface area contributed by atoms with Gasteiger partial charge in [-0.05, 0) is 92.8 Å².